The Labute approximate surface area is 138 Å². The second-order valence-corrected chi connectivity index (χ2v) is 7.46. The summed E-state index contributed by atoms with van der Waals surface area (Å²) in [5.41, 5.74) is 0.0342. The Hall–Kier alpha value is -1.64. The number of carbonyl (C=O) groups excluding carboxylic acids is 1. The number of ether oxygens (including phenoxy) is 1. The van der Waals surface area contributed by atoms with E-state index < -0.39 is 27.9 Å². The van der Waals surface area contributed by atoms with Gasteiger partial charge in [0.05, 0.1) is 23.0 Å². The maximum atomic E-state index is 12.6. The number of benzene rings is 1. The van der Waals surface area contributed by atoms with E-state index in [4.69, 9.17) is 21.4 Å². The van der Waals surface area contributed by atoms with E-state index in [1.165, 1.54) is 18.2 Å². The number of esters is 1. The van der Waals surface area contributed by atoms with E-state index in [-0.39, 0.29) is 41.6 Å². The predicted octanol–water partition coefficient (Wildman–Crippen LogP) is 1.61. The molecule has 1 N–H and O–H groups in total. The molecule has 23 heavy (non-hydrogen) atoms. The van der Waals surface area contributed by atoms with Crippen molar-refractivity contribution < 1.29 is 27.9 Å². The highest BCUT2D eigenvalue weighted by molar-refractivity contribution is 7.89. The highest BCUT2D eigenvalue weighted by Gasteiger charge is 2.36. The Morgan fingerprint density at radius 1 is 1.39 bits per heavy atom. The molecule has 1 heterocycles. The van der Waals surface area contributed by atoms with Crippen molar-refractivity contribution in [2.75, 3.05) is 19.7 Å². The van der Waals surface area contributed by atoms with Crippen molar-refractivity contribution in [3.63, 3.8) is 0 Å². The molecule has 1 atom stereocenters. The summed E-state index contributed by atoms with van der Waals surface area (Å²) in [6, 6.07) is 3.74. The largest absolute Gasteiger partial charge is 0.481 e. The monoisotopic (exact) mass is 361 g/mol. The number of sulfonamides is 1. The van der Waals surface area contributed by atoms with E-state index in [9.17, 15) is 18.0 Å². The standard InChI is InChI=1S/C14H16ClNO6S/c1-2-22-14(19)10-5-11(15)7-12(6-10)23(20,21)16-4-3-9(8-16)13(17)18/h5-7,9H,2-4,8H2,1H3,(H,17,18). The van der Waals surface area contributed by atoms with Gasteiger partial charge in [0.1, 0.15) is 0 Å². The van der Waals surface area contributed by atoms with Gasteiger partial charge >= 0.3 is 11.9 Å². The van der Waals surface area contributed by atoms with Gasteiger partial charge in [-0.2, -0.15) is 4.31 Å². The van der Waals surface area contributed by atoms with Crippen molar-refractivity contribution in [1.29, 1.82) is 0 Å². The van der Waals surface area contributed by atoms with E-state index in [0.717, 1.165) is 4.31 Å². The van der Waals surface area contributed by atoms with Gasteiger partial charge in [-0.3, -0.25) is 4.79 Å². The summed E-state index contributed by atoms with van der Waals surface area (Å²) in [5.74, 6) is -2.43. The number of hydrogen-bond acceptors (Lipinski definition) is 5. The summed E-state index contributed by atoms with van der Waals surface area (Å²) in [6.07, 6.45) is 0.250. The smallest absolute Gasteiger partial charge is 0.338 e. The van der Waals surface area contributed by atoms with Gasteiger partial charge in [-0.1, -0.05) is 11.6 Å². The minimum absolute atomic E-state index is 0.0342. The average Bonchev–Trinajstić information content (AvgIpc) is 2.97. The lowest BCUT2D eigenvalue weighted by Gasteiger charge is -2.16. The first-order chi connectivity index (χ1) is 10.8. The molecule has 0 aromatic heterocycles. The molecule has 126 valence electrons. The zero-order chi connectivity index (χ0) is 17.2. The van der Waals surface area contributed by atoms with Gasteiger partial charge in [-0.05, 0) is 31.5 Å². The Morgan fingerprint density at radius 2 is 2.09 bits per heavy atom. The molecule has 2 rings (SSSR count). The zero-order valence-electron chi connectivity index (χ0n) is 12.4. The minimum Gasteiger partial charge on any atom is -0.481 e. The lowest BCUT2D eigenvalue weighted by Crippen LogP contribution is -2.30. The third-order valence-corrected chi connectivity index (χ3v) is 5.58. The summed E-state index contributed by atoms with van der Waals surface area (Å²) in [5, 5.41) is 9.07. The number of hydrogen-bond donors (Lipinski definition) is 1. The topological polar surface area (TPSA) is 101 Å². The number of halogens is 1. The number of carboxylic acids is 1. The van der Waals surface area contributed by atoms with Crippen LogP contribution in [0.15, 0.2) is 23.1 Å². The molecule has 1 unspecified atom stereocenters. The Morgan fingerprint density at radius 3 is 2.65 bits per heavy atom. The number of carbonyl (C=O) groups is 2. The normalized spacial score (nSPS) is 18.8. The second-order valence-electron chi connectivity index (χ2n) is 5.08. The van der Waals surface area contributed by atoms with Crippen LogP contribution in [0.2, 0.25) is 5.02 Å². The summed E-state index contributed by atoms with van der Waals surface area (Å²) < 4.78 is 31.2. The number of aliphatic carboxylic acids is 1. The highest BCUT2D eigenvalue weighted by atomic mass is 35.5. The first kappa shape index (κ1) is 17.7. The molecule has 0 spiro atoms. The van der Waals surface area contributed by atoms with Crippen LogP contribution in [0.4, 0.5) is 0 Å². The summed E-state index contributed by atoms with van der Waals surface area (Å²) in [6.45, 7) is 1.80. The molecule has 0 saturated carbocycles. The van der Waals surface area contributed by atoms with Crippen molar-refractivity contribution in [3.05, 3.63) is 28.8 Å². The third kappa shape index (κ3) is 3.82. The van der Waals surface area contributed by atoms with Gasteiger partial charge in [0.25, 0.3) is 0 Å². The Kier molecular flexibility index (Phi) is 5.28. The fraction of sp³-hybridized carbons (Fsp3) is 0.429. The van der Waals surface area contributed by atoms with Gasteiger partial charge < -0.3 is 9.84 Å². The van der Waals surface area contributed by atoms with Crippen LogP contribution in [-0.2, 0) is 19.6 Å². The molecular weight excluding hydrogens is 346 g/mol. The van der Waals surface area contributed by atoms with Crippen LogP contribution >= 0.6 is 11.6 Å². The van der Waals surface area contributed by atoms with Crippen LogP contribution in [-0.4, -0.2) is 49.5 Å². The molecule has 0 bridgehead atoms. The van der Waals surface area contributed by atoms with E-state index in [1.54, 1.807) is 6.92 Å². The highest BCUT2D eigenvalue weighted by Crippen LogP contribution is 2.27. The van der Waals surface area contributed by atoms with E-state index in [0.29, 0.717) is 0 Å². The van der Waals surface area contributed by atoms with Crippen molar-refractivity contribution in [2.24, 2.45) is 5.92 Å². The second kappa shape index (κ2) is 6.86. The van der Waals surface area contributed by atoms with Crippen molar-refractivity contribution >= 4 is 33.6 Å². The molecule has 1 aliphatic heterocycles. The fourth-order valence-corrected chi connectivity index (χ4v) is 4.21. The van der Waals surface area contributed by atoms with E-state index in [2.05, 4.69) is 0 Å². The lowest BCUT2D eigenvalue weighted by molar-refractivity contribution is -0.141. The number of rotatable bonds is 5. The summed E-state index contributed by atoms with van der Waals surface area (Å²) >= 11 is 5.90. The van der Waals surface area contributed by atoms with Crippen molar-refractivity contribution in [2.45, 2.75) is 18.2 Å². The molecule has 0 aliphatic carbocycles. The molecule has 9 heteroatoms. The van der Waals surface area contributed by atoms with Crippen molar-refractivity contribution in [1.82, 2.24) is 4.31 Å². The molecule has 1 aromatic rings. The van der Waals surface area contributed by atoms with Crippen LogP contribution < -0.4 is 0 Å². The van der Waals surface area contributed by atoms with Crippen LogP contribution in [0.3, 0.4) is 0 Å². The first-order valence-electron chi connectivity index (χ1n) is 6.96. The predicted molar refractivity (Wildman–Crippen MR) is 81.9 cm³/mol. The van der Waals surface area contributed by atoms with Crippen LogP contribution in [0.25, 0.3) is 0 Å². The maximum Gasteiger partial charge on any atom is 0.338 e. The van der Waals surface area contributed by atoms with Crippen LogP contribution in [0.1, 0.15) is 23.7 Å². The van der Waals surface area contributed by atoms with E-state index in [1.807, 2.05) is 0 Å². The maximum absolute atomic E-state index is 12.6. The van der Waals surface area contributed by atoms with Gasteiger partial charge in [-0.15, -0.1) is 0 Å². The SMILES string of the molecule is CCOC(=O)c1cc(Cl)cc(S(=O)(=O)N2CCC(C(=O)O)C2)c1. The Bertz CT molecular complexity index is 733. The van der Waals surface area contributed by atoms with Crippen LogP contribution in [0, 0.1) is 5.92 Å². The molecule has 1 aliphatic rings. The number of carboxylic acid groups (broad SMARTS) is 1. The van der Waals surface area contributed by atoms with E-state index >= 15 is 0 Å². The number of nitrogens with zero attached hydrogens (tertiary/aromatic N) is 1. The molecule has 1 fully saturated rings. The van der Waals surface area contributed by atoms with Crippen LogP contribution in [0.5, 0.6) is 0 Å². The van der Waals surface area contributed by atoms with Crippen molar-refractivity contribution in [3.8, 4) is 0 Å². The molecule has 1 saturated heterocycles. The van der Waals surface area contributed by atoms with Gasteiger partial charge in [0.2, 0.25) is 10.0 Å². The van der Waals surface area contributed by atoms with Gasteiger partial charge in [-0.25, -0.2) is 13.2 Å². The first-order valence-corrected chi connectivity index (χ1v) is 8.78. The third-order valence-electron chi connectivity index (χ3n) is 3.52. The Balaban J connectivity index is 2.33. The summed E-state index contributed by atoms with van der Waals surface area (Å²) in [4.78, 5) is 22.6. The molecular formula is C14H16ClNO6S. The average molecular weight is 362 g/mol. The summed E-state index contributed by atoms with van der Waals surface area (Å²) in [7, 11) is -3.92. The minimum atomic E-state index is -3.92. The zero-order valence-corrected chi connectivity index (χ0v) is 13.9. The van der Waals surface area contributed by atoms with Gasteiger partial charge in [0.15, 0.2) is 0 Å². The lowest BCUT2D eigenvalue weighted by atomic mass is 10.1. The quantitative estimate of drug-likeness (QED) is 0.799. The fourth-order valence-electron chi connectivity index (χ4n) is 2.34. The molecule has 1 aromatic carbocycles. The molecule has 0 amide bonds. The molecule has 7 nitrogen and oxygen atoms in total. The van der Waals surface area contributed by atoms with Gasteiger partial charge in [0, 0.05) is 18.1 Å². The molecule has 0 radical (unpaired) electrons.